The lowest BCUT2D eigenvalue weighted by Gasteiger charge is -2.20. The highest BCUT2D eigenvalue weighted by Crippen LogP contribution is 2.36. The molecule has 0 aliphatic carbocycles. The minimum Gasteiger partial charge on any atom is -0.313 e. The van der Waals surface area contributed by atoms with Crippen LogP contribution in [0.25, 0.3) is 5.57 Å². The fourth-order valence-electron chi connectivity index (χ4n) is 2.35. The number of hydrogen-bond donors (Lipinski definition) is 1. The molecule has 1 aliphatic rings. The second-order valence-corrected chi connectivity index (χ2v) is 4.67. The van der Waals surface area contributed by atoms with Gasteiger partial charge in [-0.1, -0.05) is 12.1 Å². The lowest BCUT2D eigenvalue weighted by atomic mass is 9.91. The van der Waals surface area contributed by atoms with Crippen LogP contribution in [0, 0.1) is 13.8 Å². The van der Waals surface area contributed by atoms with E-state index in [2.05, 4.69) is 5.32 Å². The maximum atomic E-state index is 12.9. The van der Waals surface area contributed by atoms with Crippen molar-refractivity contribution >= 4 is 5.57 Å². The van der Waals surface area contributed by atoms with Crippen molar-refractivity contribution in [3.8, 4) is 0 Å². The molecule has 0 amide bonds. The Morgan fingerprint density at radius 3 is 2.44 bits per heavy atom. The largest absolute Gasteiger partial charge is 0.416 e. The summed E-state index contributed by atoms with van der Waals surface area (Å²) in [6.45, 7) is 4.81. The molecule has 0 fully saturated rings. The number of nitrogens with one attached hydrogen (secondary N) is 1. The van der Waals surface area contributed by atoms with Gasteiger partial charge in [0.2, 0.25) is 0 Å². The van der Waals surface area contributed by atoms with E-state index in [4.69, 9.17) is 0 Å². The summed E-state index contributed by atoms with van der Waals surface area (Å²) in [5.74, 6) is 0. The molecule has 1 aromatic carbocycles. The highest BCUT2D eigenvalue weighted by Gasteiger charge is 2.33. The molecule has 1 aliphatic heterocycles. The van der Waals surface area contributed by atoms with E-state index in [-0.39, 0.29) is 0 Å². The summed E-state index contributed by atoms with van der Waals surface area (Å²) in [5, 5.41) is 3.16. The maximum Gasteiger partial charge on any atom is 0.416 e. The van der Waals surface area contributed by atoms with E-state index >= 15 is 0 Å². The van der Waals surface area contributed by atoms with E-state index in [1.165, 1.54) is 6.07 Å². The van der Waals surface area contributed by atoms with E-state index < -0.39 is 11.7 Å². The van der Waals surface area contributed by atoms with Crippen LogP contribution in [0.2, 0.25) is 0 Å². The predicted molar refractivity (Wildman–Crippen MR) is 66.4 cm³/mol. The third-order valence-electron chi connectivity index (χ3n) is 3.27. The van der Waals surface area contributed by atoms with Crippen molar-refractivity contribution in [3.05, 3.63) is 40.5 Å². The summed E-state index contributed by atoms with van der Waals surface area (Å²) in [5.41, 5.74) is 2.23. The molecule has 0 atom stereocenters. The first-order valence-corrected chi connectivity index (χ1v) is 5.98. The number of benzene rings is 1. The van der Waals surface area contributed by atoms with E-state index in [0.717, 1.165) is 30.6 Å². The van der Waals surface area contributed by atoms with Gasteiger partial charge in [-0.15, -0.1) is 0 Å². The van der Waals surface area contributed by atoms with Gasteiger partial charge in [0.25, 0.3) is 0 Å². The lowest BCUT2D eigenvalue weighted by molar-refractivity contribution is -0.138. The van der Waals surface area contributed by atoms with Crippen LogP contribution >= 0.6 is 0 Å². The number of rotatable bonds is 1. The summed E-state index contributed by atoms with van der Waals surface area (Å²) in [6.07, 6.45) is -1.52. The molecule has 1 nitrogen and oxygen atoms in total. The van der Waals surface area contributed by atoms with Crippen LogP contribution in [0.15, 0.2) is 18.2 Å². The molecule has 0 aromatic heterocycles. The van der Waals surface area contributed by atoms with Gasteiger partial charge in [-0.2, -0.15) is 13.2 Å². The van der Waals surface area contributed by atoms with Gasteiger partial charge in [0.15, 0.2) is 0 Å². The summed E-state index contributed by atoms with van der Waals surface area (Å²) in [4.78, 5) is 0. The summed E-state index contributed by atoms with van der Waals surface area (Å²) < 4.78 is 38.8. The van der Waals surface area contributed by atoms with Crippen LogP contribution in [0.4, 0.5) is 13.2 Å². The zero-order valence-electron chi connectivity index (χ0n) is 10.5. The fourth-order valence-corrected chi connectivity index (χ4v) is 2.35. The Kier molecular flexibility index (Phi) is 3.48. The summed E-state index contributed by atoms with van der Waals surface area (Å²) in [7, 11) is 0. The monoisotopic (exact) mass is 255 g/mol. The van der Waals surface area contributed by atoms with Gasteiger partial charge in [0.1, 0.15) is 0 Å². The zero-order valence-corrected chi connectivity index (χ0v) is 10.5. The predicted octanol–water partition coefficient (Wildman–Crippen LogP) is 3.70. The van der Waals surface area contributed by atoms with Crippen LogP contribution < -0.4 is 5.32 Å². The van der Waals surface area contributed by atoms with Crippen LogP contribution in [0.5, 0.6) is 0 Å². The van der Waals surface area contributed by atoms with Crippen molar-refractivity contribution in [2.75, 3.05) is 13.1 Å². The Balaban J connectivity index is 2.54. The van der Waals surface area contributed by atoms with Gasteiger partial charge in [0.05, 0.1) is 5.56 Å². The van der Waals surface area contributed by atoms with Gasteiger partial charge in [-0.25, -0.2) is 0 Å². The number of halogens is 3. The van der Waals surface area contributed by atoms with Crippen molar-refractivity contribution in [2.24, 2.45) is 0 Å². The third-order valence-corrected chi connectivity index (χ3v) is 3.27. The molecule has 18 heavy (non-hydrogen) atoms. The minimum absolute atomic E-state index is 0.334. The third kappa shape index (κ3) is 2.58. The van der Waals surface area contributed by atoms with Gasteiger partial charge in [-0.3, -0.25) is 0 Å². The molecule has 1 aromatic rings. The van der Waals surface area contributed by atoms with Gasteiger partial charge < -0.3 is 5.32 Å². The minimum atomic E-state index is -4.28. The summed E-state index contributed by atoms with van der Waals surface area (Å²) >= 11 is 0. The molecule has 0 unspecified atom stereocenters. The molecule has 2 rings (SSSR count). The second kappa shape index (κ2) is 4.76. The average molecular weight is 255 g/mol. The Labute approximate surface area is 105 Å². The molecular weight excluding hydrogens is 239 g/mol. The quantitative estimate of drug-likeness (QED) is 0.806. The number of aryl methyl sites for hydroxylation is 1. The number of hydrogen-bond acceptors (Lipinski definition) is 1. The SMILES string of the molecule is Cc1cc(C2=CCNCC2)c(C)c(C(F)(F)F)c1. The smallest absolute Gasteiger partial charge is 0.313 e. The standard InChI is InChI=1S/C14H16F3N/c1-9-7-12(11-3-5-18-6-4-11)10(2)13(8-9)14(15,16)17/h3,7-8,18H,4-6H2,1-2H3. The molecule has 0 bridgehead atoms. The van der Waals surface area contributed by atoms with Crippen molar-refractivity contribution in [3.63, 3.8) is 0 Å². The Hall–Kier alpha value is -1.29. The molecule has 0 saturated carbocycles. The van der Waals surface area contributed by atoms with Gasteiger partial charge >= 0.3 is 6.18 Å². The van der Waals surface area contributed by atoms with Crippen LogP contribution in [0.3, 0.4) is 0 Å². The van der Waals surface area contributed by atoms with E-state index in [9.17, 15) is 13.2 Å². The second-order valence-electron chi connectivity index (χ2n) is 4.67. The molecule has 0 spiro atoms. The van der Waals surface area contributed by atoms with Crippen molar-refractivity contribution in [1.29, 1.82) is 0 Å². The first-order chi connectivity index (χ1) is 8.39. The topological polar surface area (TPSA) is 12.0 Å². The first-order valence-electron chi connectivity index (χ1n) is 5.98. The van der Waals surface area contributed by atoms with Crippen LogP contribution in [-0.2, 0) is 6.18 Å². The highest BCUT2D eigenvalue weighted by molar-refractivity contribution is 5.71. The Morgan fingerprint density at radius 1 is 1.17 bits per heavy atom. The fraction of sp³-hybridized carbons (Fsp3) is 0.429. The molecular formula is C14H16F3N. The lowest BCUT2D eigenvalue weighted by Crippen LogP contribution is -2.20. The zero-order chi connectivity index (χ0) is 13.3. The Bertz CT molecular complexity index is 487. The van der Waals surface area contributed by atoms with E-state index in [0.29, 0.717) is 11.1 Å². The van der Waals surface area contributed by atoms with E-state index in [1.807, 2.05) is 12.1 Å². The van der Waals surface area contributed by atoms with Crippen molar-refractivity contribution < 1.29 is 13.2 Å². The van der Waals surface area contributed by atoms with Crippen molar-refractivity contribution in [1.82, 2.24) is 5.32 Å². The van der Waals surface area contributed by atoms with Gasteiger partial charge in [0, 0.05) is 6.54 Å². The van der Waals surface area contributed by atoms with Crippen LogP contribution in [0.1, 0.15) is 28.7 Å². The van der Waals surface area contributed by atoms with Crippen LogP contribution in [-0.4, -0.2) is 13.1 Å². The summed E-state index contributed by atoms with van der Waals surface area (Å²) in [6, 6.07) is 3.07. The molecule has 1 heterocycles. The van der Waals surface area contributed by atoms with E-state index in [1.54, 1.807) is 13.8 Å². The molecule has 0 saturated heterocycles. The average Bonchev–Trinajstić information content (AvgIpc) is 2.31. The first kappa shape index (κ1) is 13.1. The molecule has 1 N–H and O–H groups in total. The molecule has 4 heteroatoms. The molecule has 0 radical (unpaired) electrons. The Morgan fingerprint density at radius 2 is 1.89 bits per heavy atom. The van der Waals surface area contributed by atoms with Crippen molar-refractivity contribution in [2.45, 2.75) is 26.4 Å². The normalized spacial score (nSPS) is 16.6. The highest BCUT2D eigenvalue weighted by atomic mass is 19.4. The number of alkyl halides is 3. The molecule has 98 valence electrons. The van der Waals surface area contributed by atoms with Gasteiger partial charge in [-0.05, 0) is 55.1 Å². The maximum absolute atomic E-state index is 12.9.